The Labute approximate surface area is 59.1 Å². The van der Waals surface area contributed by atoms with Crippen LogP contribution >= 0.6 is 0 Å². The lowest BCUT2D eigenvalue weighted by atomic mass is 10.2. The van der Waals surface area contributed by atoms with Crippen LogP contribution in [0.1, 0.15) is 6.92 Å². The number of amidine groups is 1. The van der Waals surface area contributed by atoms with Crippen molar-refractivity contribution in [2.75, 3.05) is 7.05 Å². The van der Waals surface area contributed by atoms with Crippen molar-refractivity contribution in [3.05, 3.63) is 11.6 Å². The molecule has 0 amide bonds. The number of hydrogen-bond donors (Lipinski definition) is 2. The van der Waals surface area contributed by atoms with Gasteiger partial charge in [-0.2, -0.15) is 0 Å². The number of aliphatic carboxylic acids is 1. The first-order chi connectivity index (χ1) is 4.57. The van der Waals surface area contributed by atoms with Crippen LogP contribution in [0.4, 0.5) is 0 Å². The van der Waals surface area contributed by atoms with Crippen molar-refractivity contribution in [3.63, 3.8) is 0 Å². The fourth-order valence-corrected chi connectivity index (χ4v) is 0.436. The van der Waals surface area contributed by atoms with E-state index in [9.17, 15) is 4.79 Å². The molecule has 0 aliphatic rings. The van der Waals surface area contributed by atoms with E-state index in [1.54, 1.807) is 6.92 Å². The van der Waals surface area contributed by atoms with Crippen molar-refractivity contribution in [3.8, 4) is 0 Å². The van der Waals surface area contributed by atoms with Crippen LogP contribution in [0.3, 0.4) is 0 Å². The first-order valence-corrected chi connectivity index (χ1v) is 2.71. The van der Waals surface area contributed by atoms with E-state index in [-0.39, 0.29) is 5.84 Å². The Hall–Kier alpha value is -1.32. The Morgan fingerprint density at radius 1 is 1.70 bits per heavy atom. The summed E-state index contributed by atoms with van der Waals surface area (Å²) in [5, 5.41) is 8.24. The third-order valence-corrected chi connectivity index (χ3v) is 0.985. The standard InChI is InChI=1S/C6H10N2O2/c1-4(3-5(9)10)6(7)8-2/h3H,1-2H3,(H2,7,8)(H,9,10)/b4-3+. The van der Waals surface area contributed by atoms with Gasteiger partial charge in [0, 0.05) is 13.1 Å². The lowest BCUT2D eigenvalue weighted by Crippen LogP contribution is -2.13. The molecule has 56 valence electrons. The minimum Gasteiger partial charge on any atom is -0.478 e. The molecule has 0 aromatic carbocycles. The number of nitrogens with two attached hydrogens (primary N) is 1. The highest BCUT2D eigenvalue weighted by Gasteiger charge is 1.96. The maximum Gasteiger partial charge on any atom is 0.328 e. The Bertz CT molecular complexity index is 194. The van der Waals surface area contributed by atoms with Crippen molar-refractivity contribution in [2.24, 2.45) is 10.7 Å². The smallest absolute Gasteiger partial charge is 0.328 e. The molecule has 0 bridgehead atoms. The average molecular weight is 142 g/mol. The first kappa shape index (κ1) is 8.68. The fraction of sp³-hybridized carbons (Fsp3) is 0.333. The van der Waals surface area contributed by atoms with Crippen LogP contribution in [0.15, 0.2) is 16.6 Å². The second kappa shape index (κ2) is 3.66. The van der Waals surface area contributed by atoms with Gasteiger partial charge < -0.3 is 10.8 Å². The van der Waals surface area contributed by atoms with Gasteiger partial charge in [0.2, 0.25) is 0 Å². The van der Waals surface area contributed by atoms with Gasteiger partial charge in [-0.05, 0) is 12.5 Å². The second-order valence-electron chi connectivity index (χ2n) is 1.77. The molecule has 0 spiro atoms. The summed E-state index contributed by atoms with van der Waals surface area (Å²) in [7, 11) is 1.51. The van der Waals surface area contributed by atoms with Crippen molar-refractivity contribution in [1.82, 2.24) is 0 Å². The molecule has 0 aromatic rings. The number of rotatable bonds is 2. The van der Waals surface area contributed by atoms with E-state index in [0.717, 1.165) is 6.08 Å². The number of nitrogens with zero attached hydrogens (tertiary/aromatic N) is 1. The van der Waals surface area contributed by atoms with E-state index < -0.39 is 5.97 Å². The van der Waals surface area contributed by atoms with Gasteiger partial charge in [-0.1, -0.05) is 0 Å². The van der Waals surface area contributed by atoms with Gasteiger partial charge in [0.05, 0.1) is 0 Å². The SMILES string of the molecule is CN=C(N)/C(C)=C/C(=O)O. The molecule has 0 aromatic heterocycles. The van der Waals surface area contributed by atoms with Crippen molar-refractivity contribution in [1.29, 1.82) is 0 Å². The zero-order valence-corrected chi connectivity index (χ0v) is 5.96. The van der Waals surface area contributed by atoms with E-state index in [2.05, 4.69) is 4.99 Å². The third-order valence-electron chi connectivity index (χ3n) is 0.985. The van der Waals surface area contributed by atoms with Gasteiger partial charge in [0.25, 0.3) is 0 Å². The predicted molar refractivity (Wildman–Crippen MR) is 38.9 cm³/mol. The quantitative estimate of drug-likeness (QED) is 0.324. The van der Waals surface area contributed by atoms with E-state index in [4.69, 9.17) is 10.8 Å². The van der Waals surface area contributed by atoms with E-state index >= 15 is 0 Å². The molecule has 0 saturated carbocycles. The summed E-state index contributed by atoms with van der Waals surface area (Å²) in [5.74, 6) is -0.758. The molecule has 0 rings (SSSR count). The van der Waals surface area contributed by atoms with Crippen molar-refractivity contribution >= 4 is 11.8 Å². The monoisotopic (exact) mass is 142 g/mol. The molecule has 4 heteroatoms. The summed E-state index contributed by atoms with van der Waals surface area (Å²) in [6.45, 7) is 1.59. The molecule has 3 N–H and O–H groups in total. The molecule has 0 radical (unpaired) electrons. The Morgan fingerprint density at radius 2 is 2.20 bits per heavy atom. The normalized spacial score (nSPS) is 13.4. The summed E-state index contributed by atoms with van der Waals surface area (Å²) in [6.07, 6.45) is 1.02. The Kier molecular flexibility index (Phi) is 3.17. The number of carboxylic acids is 1. The lowest BCUT2D eigenvalue weighted by Gasteiger charge is -1.94. The van der Waals surface area contributed by atoms with Gasteiger partial charge in [0.1, 0.15) is 5.84 Å². The first-order valence-electron chi connectivity index (χ1n) is 2.71. The maximum atomic E-state index is 10.0. The van der Waals surface area contributed by atoms with E-state index in [0.29, 0.717) is 5.57 Å². The number of aliphatic imine (C=N–C) groups is 1. The molecule has 0 aliphatic heterocycles. The maximum absolute atomic E-state index is 10.0. The van der Waals surface area contributed by atoms with Crippen molar-refractivity contribution in [2.45, 2.75) is 6.92 Å². The summed E-state index contributed by atoms with van der Waals surface area (Å²) >= 11 is 0. The minimum absolute atomic E-state index is 0.252. The summed E-state index contributed by atoms with van der Waals surface area (Å²) in [4.78, 5) is 13.6. The van der Waals surface area contributed by atoms with Gasteiger partial charge in [-0.3, -0.25) is 4.99 Å². The topological polar surface area (TPSA) is 75.7 Å². The van der Waals surface area contributed by atoms with Gasteiger partial charge in [-0.25, -0.2) is 4.79 Å². The molecule has 0 saturated heterocycles. The average Bonchev–Trinajstić information content (AvgIpc) is 1.85. The highest BCUT2D eigenvalue weighted by atomic mass is 16.4. The van der Waals surface area contributed by atoms with Crippen LogP contribution in [-0.2, 0) is 4.79 Å². The molecular weight excluding hydrogens is 132 g/mol. The molecule has 10 heavy (non-hydrogen) atoms. The third kappa shape index (κ3) is 2.86. The molecule has 0 heterocycles. The molecule has 0 aliphatic carbocycles. The molecule has 0 unspecified atom stereocenters. The number of carbonyl (C=O) groups is 1. The minimum atomic E-state index is -1.01. The van der Waals surface area contributed by atoms with Crippen LogP contribution in [0.2, 0.25) is 0 Å². The van der Waals surface area contributed by atoms with Crippen LogP contribution in [0.25, 0.3) is 0 Å². The summed E-state index contributed by atoms with van der Waals surface area (Å²) < 4.78 is 0. The fourth-order valence-electron chi connectivity index (χ4n) is 0.436. The Balaban J connectivity index is 4.35. The Morgan fingerprint density at radius 3 is 2.50 bits per heavy atom. The summed E-state index contributed by atoms with van der Waals surface area (Å²) in [5.41, 5.74) is 5.75. The van der Waals surface area contributed by atoms with Crippen molar-refractivity contribution < 1.29 is 9.90 Å². The number of carboxylic acid groups (broad SMARTS) is 1. The van der Waals surface area contributed by atoms with E-state index in [1.807, 2.05) is 0 Å². The zero-order chi connectivity index (χ0) is 8.15. The van der Waals surface area contributed by atoms with Crippen LogP contribution in [-0.4, -0.2) is 24.0 Å². The highest BCUT2D eigenvalue weighted by molar-refractivity contribution is 6.00. The molecular formula is C6H10N2O2. The van der Waals surface area contributed by atoms with Crippen LogP contribution < -0.4 is 5.73 Å². The van der Waals surface area contributed by atoms with Gasteiger partial charge in [0.15, 0.2) is 0 Å². The molecule has 0 fully saturated rings. The van der Waals surface area contributed by atoms with Crippen LogP contribution in [0, 0.1) is 0 Å². The summed E-state index contributed by atoms with van der Waals surface area (Å²) in [6, 6.07) is 0. The number of hydrogen-bond acceptors (Lipinski definition) is 2. The second-order valence-corrected chi connectivity index (χ2v) is 1.77. The molecule has 4 nitrogen and oxygen atoms in total. The lowest BCUT2D eigenvalue weighted by molar-refractivity contribution is -0.131. The van der Waals surface area contributed by atoms with E-state index in [1.165, 1.54) is 7.05 Å². The van der Waals surface area contributed by atoms with Crippen LogP contribution in [0.5, 0.6) is 0 Å². The van der Waals surface area contributed by atoms with Gasteiger partial charge in [-0.15, -0.1) is 0 Å². The largest absolute Gasteiger partial charge is 0.478 e. The predicted octanol–water partition coefficient (Wildman–Crippen LogP) is 0.00430. The zero-order valence-electron chi connectivity index (χ0n) is 5.96. The van der Waals surface area contributed by atoms with Gasteiger partial charge >= 0.3 is 5.97 Å². The highest BCUT2D eigenvalue weighted by Crippen LogP contribution is 1.90. The molecule has 0 atom stereocenters.